The molecule has 5 nitrogen and oxygen atoms in total. The van der Waals surface area contributed by atoms with Crippen molar-refractivity contribution in [1.29, 1.82) is 0 Å². The maximum atomic E-state index is 11.3. The first kappa shape index (κ1) is 18.3. The maximum absolute atomic E-state index is 11.3. The molecule has 1 heterocycles. The number of carboxylic acids is 1. The Morgan fingerprint density at radius 2 is 1.69 bits per heavy atom. The van der Waals surface area contributed by atoms with Gasteiger partial charge in [0, 0.05) is 38.6 Å². The van der Waals surface area contributed by atoms with Crippen LogP contribution >= 0.6 is 0 Å². The van der Waals surface area contributed by atoms with Crippen molar-refractivity contribution in [1.82, 2.24) is 4.90 Å². The molecule has 0 amide bonds. The van der Waals surface area contributed by atoms with Crippen molar-refractivity contribution in [2.45, 2.75) is 12.3 Å². The third-order valence-corrected chi connectivity index (χ3v) is 4.97. The van der Waals surface area contributed by atoms with Crippen LogP contribution in [-0.2, 0) is 4.79 Å². The Bertz CT molecular complexity index is 712. The molecule has 1 N–H and O–H groups in total. The number of methoxy groups -OCH3 is 1. The normalized spacial score (nSPS) is 16.3. The van der Waals surface area contributed by atoms with Gasteiger partial charge in [-0.25, -0.2) is 0 Å². The minimum absolute atomic E-state index is 0.0199. The lowest BCUT2D eigenvalue weighted by atomic mass is 9.95. The Hall–Kier alpha value is -2.53. The number of benzene rings is 2. The standard InChI is InChI=1S/C21H26N2O3/c1-26-20-10-6-5-9-19(20)23-13-11-22(12-14-23)16-18(15-21(24)25)17-7-3-2-4-8-17/h2-10,18H,11-16H2,1H3,(H,24,25). The summed E-state index contributed by atoms with van der Waals surface area (Å²) in [4.78, 5) is 16.0. The highest BCUT2D eigenvalue weighted by molar-refractivity contribution is 5.68. The van der Waals surface area contributed by atoms with Gasteiger partial charge in [-0.2, -0.15) is 0 Å². The molecule has 138 valence electrons. The topological polar surface area (TPSA) is 53.0 Å². The first-order chi connectivity index (χ1) is 12.7. The van der Waals surface area contributed by atoms with Gasteiger partial charge in [0.1, 0.15) is 5.75 Å². The van der Waals surface area contributed by atoms with E-state index in [9.17, 15) is 9.90 Å². The molecule has 0 bridgehead atoms. The summed E-state index contributed by atoms with van der Waals surface area (Å²) >= 11 is 0. The molecule has 1 aliphatic rings. The second kappa shape index (κ2) is 8.72. The summed E-state index contributed by atoms with van der Waals surface area (Å²) in [6.07, 6.45) is 0.163. The van der Waals surface area contributed by atoms with Gasteiger partial charge in [-0.05, 0) is 17.7 Å². The van der Waals surface area contributed by atoms with E-state index in [1.54, 1.807) is 7.11 Å². The molecule has 1 saturated heterocycles. The van der Waals surface area contributed by atoms with E-state index < -0.39 is 5.97 Å². The highest BCUT2D eigenvalue weighted by Crippen LogP contribution is 2.29. The zero-order valence-corrected chi connectivity index (χ0v) is 15.2. The van der Waals surface area contributed by atoms with Gasteiger partial charge in [-0.15, -0.1) is 0 Å². The van der Waals surface area contributed by atoms with Crippen LogP contribution in [0, 0.1) is 0 Å². The molecule has 0 aliphatic carbocycles. The van der Waals surface area contributed by atoms with Gasteiger partial charge in [-0.1, -0.05) is 42.5 Å². The average molecular weight is 354 g/mol. The number of ether oxygens (including phenoxy) is 1. The zero-order valence-electron chi connectivity index (χ0n) is 15.2. The summed E-state index contributed by atoms with van der Waals surface area (Å²) < 4.78 is 5.47. The van der Waals surface area contributed by atoms with E-state index in [0.29, 0.717) is 0 Å². The van der Waals surface area contributed by atoms with Gasteiger partial charge in [0.25, 0.3) is 0 Å². The lowest BCUT2D eigenvalue weighted by Crippen LogP contribution is -2.47. The van der Waals surface area contributed by atoms with Gasteiger partial charge in [0.05, 0.1) is 19.2 Å². The largest absolute Gasteiger partial charge is 0.495 e. The summed E-state index contributed by atoms with van der Waals surface area (Å²) in [5.41, 5.74) is 2.22. The third-order valence-electron chi connectivity index (χ3n) is 4.97. The Labute approximate surface area is 154 Å². The SMILES string of the molecule is COc1ccccc1N1CCN(CC(CC(=O)O)c2ccccc2)CC1. The fraction of sp³-hybridized carbons (Fsp3) is 0.381. The van der Waals surface area contributed by atoms with Crippen molar-refractivity contribution in [3.8, 4) is 5.75 Å². The molecular formula is C21H26N2O3. The number of rotatable bonds is 7. The Kier molecular flexibility index (Phi) is 6.12. The lowest BCUT2D eigenvalue weighted by Gasteiger charge is -2.38. The number of aliphatic carboxylic acids is 1. The van der Waals surface area contributed by atoms with Crippen molar-refractivity contribution in [2.24, 2.45) is 0 Å². The van der Waals surface area contributed by atoms with Crippen LogP contribution in [-0.4, -0.2) is 55.8 Å². The molecule has 3 rings (SSSR count). The summed E-state index contributed by atoms with van der Waals surface area (Å²) in [5.74, 6) is 0.173. The number of hydrogen-bond donors (Lipinski definition) is 1. The predicted molar refractivity (Wildman–Crippen MR) is 103 cm³/mol. The first-order valence-corrected chi connectivity index (χ1v) is 9.04. The summed E-state index contributed by atoms with van der Waals surface area (Å²) in [6.45, 7) is 4.43. The Morgan fingerprint density at radius 3 is 2.35 bits per heavy atom. The Balaban J connectivity index is 1.62. The van der Waals surface area contributed by atoms with E-state index in [2.05, 4.69) is 15.9 Å². The molecular weight excluding hydrogens is 328 g/mol. The molecule has 2 aromatic rings. The number of piperazine rings is 1. The van der Waals surface area contributed by atoms with Gasteiger partial charge < -0.3 is 14.7 Å². The molecule has 0 spiro atoms. The number of para-hydroxylation sites is 2. The number of anilines is 1. The van der Waals surface area contributed by atoms with Gasteiger partial charge in [-0.3, -0.25) is 9.69 Å². The van der Waals surface area contributed by atoms with E-state index in [4.69, 9.17) is 4.74 Å². The van der Waals surface area contributed by atoms with Gasteiger partial charge >= 0.3 is 5.97 Å². The smallest absolute Gasteiger partial charge is 0.304 e. The van der Waals surface area contributed by atoms with Crippen molar-refractivity contribution in [3.63, 3.8) is 0 Å². The van der Waals surface area contributed by atoms with Crippen LogP contribution in [0.4, 0.5) is 5.69 Å². The Morgan fingerprint density at radius 1 is 1.04 bits per heavy atom. The quantitative estimate of drug-likeness (QED) is 0.828. The van der Waals surface area contributed by atoms with E-state index >= 15 is 0 Å². The van der Waals surface area contributed by atoms with Crippen LogP contribution < -0.4 is 9.64 Å². The molecule has 1 fully saturated rings. The van der Waals surface area contributed by atoms with Crippen LogP contribution in [0.1, 0.15) is 17.9 Å². The van der Waals surface area contributed by atoms with Gasteiger partial charge in [0.2, 0.25) is 0 Å². The molecule has 0 aromatic heterocycles. The third kappa shape index (κ3) is 4.55. The maximum Gasteiger partial charge on any atom is 0.304 e. The number of carboxylic acid groups (broad SMARTS) is 1. The molecule has 0 radical (unpaired) electrons. The number of carbonyl (C=O) groups is 1. The monoisotopic (exact) mass is 354 g/mol. The van der Waals surface area contributed by atoms with Crippen LogP contribution in [0.25, 0.3) is 0 Å². The second-order valence-corrected chi connectivity index (χ2v) is 6.66. The van der Waals surface area contributed by atoms with E-state index in [-0.39, 0.29) is 12.3 Å². The summed E-state index contributed by atoms with van der Waals surface area (Å²) in [5, 5.41) is 9.28. The van der Waals surface area contributed by atoms with Crippen molar-refractivity contribution in [2.75, 3.05) is 44.7 Å². The van der Waals surface area contributed by atoms with E-state index in [1.807, 2.05) is 48.5 Å². The van der Waals surface area contributed by atoms with Crippen molar-refractivity contribution >= 4 is 11.7 Å². The molecule has 1 unspecified atom stereocenters. The van der Waals surface area contributed by atoms with Gasteiger partial charge in [0.15, 0.2) is 0 Å². The fourth-order valence-corrected chi connectivity index (χ4v) is 3.60. The summed E-state index contributed by atoms with van der Waals surface area (Å²) in [7, 11) is 1.70. The second-order valence-electron chi connectivity index (χ2n) is 6.66. The molecule has 2 aromatic carbocycles. The molecule has 1 atom stereocenters. The van der Waals surface area contributed by atoms with E-state index in [0.717, 1.165) is 49.7 Å². The fourth-order valence-electron chi connectivity index (χ4n) is 3.60. The first-order valence-electron chi connectivity index (χ1n) is 9.04. The molecule has 26 heavy (non-hydrogen) atoms. The predicted octanol–water partition coefficient (Wildman–Crippen LogP) is 3.08. The zero-order chi connectivity index (χ0) is 18.4. The molecule has 0 saturated carbocycles. The lowest BCUT2D eigenvalue weighted by molar-refractivity contribution is -0.137. The van der Waals surface area contributed by atoms with Crippen LogP contribution in [0.5, 0.6) is 5.75 Å². The van der Waals surface area contributed by atoms with E-state index in [1.165, 1.54) is 0 Å². The van der Waals surface area contributed by atoms with Crippen LogP contribution in [0.2, 0.25) is 0 Å². The minimum atomic E-state index is -0.744. The minimum Gasteiger partial charge on any atom is -0.495 e. The highest BCUT2D eigenvalue weighted by Gasteiger charge is 2.24. The molecule has 1 aliphatic heterocycles. The number of nitrogens with zero attached hydrogens (tertiary/aromatic N) is 2. The molecule has 5 heteroatoms. The van der Waals surface area contributed by atoms with Crippen molar-refractivity contribution in [3.05, 3.63) is 60.2 Å². The van der Waals surface area contributed by atoms with Crippen LogP contribution in [0.15, 0.2) is 54.6 Å². The van der Waals surface area contributed by atoms with Crippen molar-refractivity contribution < 1.29 is 14.6 Å². The number of hydrogen-bond acceptors (Lipinski definition) is 4. The summed E-state index contributed by atoms with van der Waals surface area (Å²) in [6, 6.07) is 18.1. The highest BCUT2D eigenvalue weighted by atomic mass is 16.5. The van der Waals surface area contributed by atoms with Crippen LogP contribution in [0.3, 0.4) is 0 Å². The average Bonchev–Trinajstić information content (AvgIpc) is 2.68.